The van der Waals surface area contributed by atoms with Crippen LogP contribution in [0.25, 0.3) is 22.0 Å². The van der Waals surface area contributed by atoms with Crippen molar-refractivity contribution in [2.24, 2.45) is 0 Å². The van der Waals surface area contributed by atoms with Gasteiger partial charge in [-0.05, 0) is 24.6 Å². The molecule has 1 fully saturated rings. The minimum absolute atomic E-state index is 0.0434. The first-order chi connectivity index (χ1) is 14.6. The van der Waals surface area contributed by atoms with Crippen LogP contribution in [0.2, 0.25) is 0 Å². The highest BCUT2D eigenvalue weighted by Gasteiger charge is 2.27. The van der Waals surface area contributed by atoms with Crippen LogP contribution in [0.15, 0.2) is 36.5 Å². The van der Waals surface area contributed by atoms with Crippen molar-refractivity contribution in [3.63, 3.8) is 0 Å². The molecule has 7 nitrogen and oxygen atoms in total. The van der Waals surface area contributed by atoms with E-state index < -0.39 is 0 Å². The van der Waals surface area contributed by atoms with Gasteiger partial charge >= 0.3 is 0 Å². The zero-order valence-electron chi connectivity index (χ0n) is 17.6. The van der Waals surface area contributed by atoms with Gasteiger partial charge in [-0.2, -0.15) is 0 Å². The summed E-state index contributed by atoms with van der Waals surface area (Å²) in [5.41, 5.74) is 4.90. The van der Waals surface area contributed by atoms with Crippen LogP contribution in [0.4, 0.5) is 5.69 Å². The van der Waals surface area contributed by atoms with E-state index in [1.54, 1.807) is 17.9 Å². The van der Waals surface area contributed by atoms with Gasteiger partial charge in [0.15, 0.2) is 0 Å². The third kappa shape index (κ3) is 3.55. The van der Waals surface area contributed by atoms with E-state index in [1.807, 2.05) is 19.9 Å². The van der Waals surface area contributed by atoms with Crippen molar-refractivity contribution < 1.29 is 19.4 Å². The largest absolute Gasteiger partial charge is 0.481 e. The number of carbonyl (C=O) groups excluding carboxylic acids is 1. The van der Waals surface area contributed by atoms with E-state index in [9.17, 15) is 4.79 Å². The molecular formula is C23H27N3O4. The maximum atomic E-state index is 12.6. The summed E-state index contributed by atoms with van der Waals surface area (Å²) in [7, 11) is 1.59. The first-order valence-corrected chi connectivity index (χ1v) is 10.2. The number of hydrogen-bond donors (Lipinski definition) is 1. The van der Waals surface area contributed by atoms with E-state index in [-0.39, 0.29) is 18.6 Å². The van der Waals surface area contributed by atoms with Gasteiger partial charge in [0, 0.05) is 47.9 Å². The number of nitrogens with zero attached hydrogens (tertiary/aromatic N) is 3. The van der Waals surface area contributed by atoms with Crippen LogP contribution >= 0.6 is 0 Å². The Morgan fingerprint density at radius 2 is 2.00 bits per heavy atom. The van der Waals surface area contributed by atoms with E-state index in [0.717, 1.165) is 46.5 Å². The van der Waals surface area contributed by atoms with Crippen LogP contribution in [0.5, 0.6) is 5.88 Å². The second-order valence-corrected chi connectivity index (χ2v) is 7.46. The molecule has 0 spiro atoms. The second-order valence-electron chi connectivity index (χ2n) is 7.46. The van der Waals surface area contributed by atoms with Crippen LogP contribution < -0.4 is 9.64 Å². The smallest absolute Gasteiger partial charge is 0.231 e. The molecule has 1 aliphatic rings. The molecule has 0 atom stereocenters. The Balaban J connectivity index is 1.67. The molecule has 7 heteroatoms. The minimum Gasteiger partial charge on any atom is -0.481 e. The summed E-state index contributed by atoms with van der Waals surface area (Å²) < 4.78 is 12.6. The Hall–Kier alpha value is -2.90. The van der Waals surface area contributed by atoms with Crippen molar-refractivity contribution in [3.05, 3.63) is 42.2 Å². The van der Waals surface area contributed by atoms with Gasteiger partial charge in [-0.15, -0.1) is 0 Å². The number of anilines is 1. The van der Waals surface area contributed by atoms with Gasteiger partial charge in [0.25, 0.3) is 0 Å². The predicted molar refractivity (Wildman–Crippen MR) is 116 cm³/mol. The fraction of sp³-hybridized carbons (Fsp3) is 0.391. The molecule has 30 heavy (non-hydrogen) atoms. The number of rotatable bonds is 7. The summed E-state index contributed by atoms with van der Waals surface area (Å²) >= 11 is 0. The van der Waals surface area contributed by atoms with Crippen LogP contribution in [0.3, 0.4) is 0 Å². The summed E-state index contributed by atoms with van der Waals surface area (Å²) in [6.45, 7) is 5.93. The fourth-order valence-electron chi connectivity index (χ4n) is 4.06. The lowest BCUT2D eigenvalue weighted by molar-refractivity contribution is 0.0135. The summed E-state index contributed by atoms with van der Waals surface area (Å²) in [6.07, 6.45) is 2.31. The zero-order valence-corrected chi connectivity index (χ0v) is 17.6. The van der Waals surface area contributed by atoms with Crippen molar-refractivity contribution in [2.45, 2.75) is 26.4 Å². The van der Waals surface area contributed by atoms with Crippen molar-refractivity contribution in [1.82, 2.24) is 9.55 Å². The maximum absolute atomic E-state index is 12.6. The molecule has 3 heterocycles. The molecule has 0 bridgehead atoms. The third-order valence-electron chi connectivity index (χ3n) is 5.64. The number of ether oxygens (including phenoxy) is 2. The normalized spacial score (nSPS) is 14.2. The lowest BCUT2D eigenvalue weighted by Crippen LogP contribution is -2.52. The van der Waals surface area contributed by atoms with Gasteiger partial charge < -0.3 is 19.5 Å². The van der Waals surface area contributed by atoms with E-state index >= 15 is 0 Å². The topological polar surface area (TPSA) is 76.8 Å². The number of methoxy groups -OCH3 is 1. The standard InChI is InChI=1S/C23H27N3O4/c1-4-22(28)26-15(2)23(19-11-21(29-3)24-12-20(19)26)16-5-7-17(8-6-16)25-13-18(14-25)30-10-9-27/h5-8,11-12,18,27H,4,9-10,13-14H2,1-3H3. The Morgan fingerprint density at radius 1 is 1.27 bits per heavy atom. The summed E-state index contributed by atoms with van der Waals surface area (Å²) in [5.74, 6) is 0.567. The molecule has 1 N–H and O–H groups in total. The first kappa shape index (κ1) is 20.4. The van der Waals surface area contributed by atoms with Crippen LogP contribution in [-0.2, 0) is 4.74 Å². The zero-order chi connectivity index (χ0) is 21.3. The highest BCUT2D eigenvalue weighted by Crippen LogP contribution is 2.37. The molecule has 2 aromatic heterocycles. The Morgan fingerprint density at radius 3 is 2.63 bits per heavy atom. The molecule has 1 aromatic carbocycles. The number of benzene rings is 1. The van der Waals surface area contributed by atoms with E-state index in [4.69, 9.17) is 14.6 Å². The number of hydrogen-bond acceptors (Lipinski definition) is 6. The summed E-state index contributed by atoms with van der Waals surface area (Å²) in [5, 5.41) is 9.82. The van der Waals surface area contributed by atoms with Gasteiger partial charge in [-0.1, -0.05) is 19.1 Å². The molecule has 4 rings (SSSR count). The van der Waals surface area contributed by atoms with Crippen molar-refractivity contribution in [3.8, 4) is 17.0 Å². The third-order valence-corrected chi connectivity index (χ3v) is 5.64. The first-order valence-electron chi connectivity index (χ1n) is 10.2. The molecule has 1 saturated heterocycles. The molecule has 158 valence electrons. The van der Waals surface area contributed by atoms with Crippen molar-refractivity contribution in [1.29, 1.82) is 0 Å². The molecule has 1 aliphatic heterocycles. The van der Waals surface area contributed by atoms with Crippen molar-refractivity contribution in [2.75, 3.05) is 38.3 Å². The average Bonchev–Trinajstić information content (AvgIpc) is 3.03. The van der Waals surface area contributed by atoms with E-state index in [1.165, 1.54) is 0 Å². The van der Waals surface area contributed by atoms with Crippen molar-refractivity contribution >= 4 is 22.5 Å². The summed E-state index contributed by atoms with van der Waals surface area (Å²) in [6, 6.07) is 10.3. The minimum atomic E-state index is 0.0434. The van der Waals surface area contributed by atoms with Gasteiger partial charge in [-0.3, -0.25) is 9.36 Å². The number of aliphatic hydroxyl groups is 1. The average molecular weight is 409 g/mol. The summed E-state index contributed by atoms with van der Waals surface area (Å²) in [4.78, 5) is 19.2. The fourth-order valence-corrected chi connectivity index (χ4v) is 4.06. The highest BCUT2D eigenvalue weighted by molar-refractivity contribution is 6.04. The van der Waals surface area contributed by atoms with Crippen LogP contribution in [-0.4, -0.2) is 60.1 Å². The lowest BCUT2D eigenvalue weighted by atomic mass is 10.0. The molecule has 0 radical (unpaired) electrons. The Labute approximate surface area is 175 Å². The quantitative estimate of drug-likeness (QED) is 0.645. The molecule has 0 amide bonds. The van der Waals surface area contributed by atoms with Gasteiger partial charge in [0.1, 0.15) is 0 Å². The maximum Gasteiger partial charge on any atom is 0.231 e. The second kappa shape index (κ2) is 8.45. The number of aliphatic hydroxyl groups excluding tert-OH is 1. The van der Waals surface area contributed by atoms with Gasteiger partial charge in [-0.25, -0.2) is 4.98 Å². The molecule has 0 saturated carbocycles. The Kier molecular flexibility index (Phi) is 5.74. The number of pyridine rings is 1. The molecular weight excluding hydrogens is 382 g/mol. The SMILES string of the molecule is CCC(=O)n1c(C)c(-c2ccc(N3CC(OCCO)C3)cc2)c2cc(OC)ncc21. The van der Waals surface area contributed by atoms with E-state index in [2.05, 4.69) is 34.1 Å². The molecule has 0 aliphatic carbocycles. The highest BCUT2D eigenvalue weighted by atomic mass is 16.5. The number of aromatic nitrogens is 2. The van der Waals surface area contributed by atoms with E-state index in [0.29, 0.717) is 18.9 Å². The number of fused-ring (bicyclic) bond motifs is 1. The molecule has 0 unspecified atom stereocenters. The lowest BCUT2D eigenvalue weighted by Gasteiger charge is -2.40. The van der Waals surface area contributed by atoms with Crippen LogP contribution in [0, 0.1) is 6.92 Å². The number of carbonyl (C=O) groups is 1. The monoisotopic (exact) mass is 409 g/mol. The molecule has 3 aromatic rings. The van der Waals surface area contributed by atoms with Crippen LogP contribution in [0.1, 0.15) is 23.8 Å². The predicted octanol–water partition coefficient (Wildman–Crippen LogP) is 3.27. The van der Waals surface area contributed by atoms with Gasteiger partial charge in [0.05, 0.1) is 38.1 Å². The van der Waals surface area contributed by atoms with Gasteiger partial charge in [0.2, 0.25) is 11.8 Å². The Bertz CT molecular complexity index is 1050.